The van der Waals surface area contributed by atoms with Gasteiger partial charge in [-0.15, -0.1) is 0 Å². The monoisotopic (exact) mass is 318 g/mol. The highest BCUT2D eigenvalue weighted by Crippen LogP contribution is 2.20. The summed E-state index contributed by atoms with van der Waals surface area (Å²) in [5.74, 6) is -0.616. The fraction of sp³-hybridized carbons (Fsp3) is 0.636. The first kappa shape index (κ1) is 16.7. The van der Waals surface area contributed by atoms with Crippen LogP contribution in [0, 0.1) is 5.92 Å². The minimum atomic E-state index is -0.932. The maximum Gasteiger partial charge on any atom is 0.323 e. The summed E-state index contributed by atoms with van der Waals surface area (Å²) in [5, 5.41) is 12.5. The van der Waals surface area contributed by atoms with E-state index in [1.54, 1.807) is 14.0 Å². The molecule has 1 aromatic rings. The van der Waals surface area contributed by atoms with Gasteiger partial charge < -0.3 is 10.0 Å². The Morgan fingerprint density at radius 3 is 2.85 bits per heavy atom. The van der Waals surface area contributed by atoms with E-state index in [0.29, 0.717) is 10.3 Å². The van der Waals surface area contributed by atoms with Gasteiger partial charge in [-0.2, -0.15) is 9.36 Å². The summed E-state index contributed by atoms with van der Waals surface area (Å²) in [4.78, 5) is 28.1. The minimum Gasteiger partial charge on any atom is -0.481 e. The van der Waals surface area contributed by atoms with Gasteiger partial charge in [-0.1, -0.05) is 25.6 Å². The number of carboxylic acid groups (broad SMARTS) is 1. The van der Waals surface area contributed by atoms with Crippen LogP contribution in [0.4, 0.5) is 9.93 Å². The lowest BCUT2D eigenvalue weighted by molar-refractivity contribution is -0.141. The van der Waals surface area contributed by atoms with Crippen molar-refractivity contribution >= 4 is 40.4 Å². The predicted octanol–water partition coefficient (Wildman–Crippen LogP) is 2.22. The number of nitrogens with zero attached hydrogens (tertiary/aromatic N) is 3. The van der Waals surface area contributed by atoms with Crippen LogP contribution >= 0.6 is 23.3 Å². The number of amides is 2. The number of hydrogen-bond acceptors (Lipinski definition) is 6. The maximum absolute atomic E-state index is 11.8. The maximum atomic E-state index is 11.8. The van der Waals surface area contributed by atoms with Crippen LogP contribution in [0.25, 0.3) is 0 Å². The summed E-state index contributed by atoms with van der Waals surface area (Å²) >= 11 is 2.65. The number of anilines is 1. The lowest BCUT2D eigenvalue weighted by Gasteiger charge is -2.18. The number of aliphatic carboxylic acids is 1. The molecule has 0 aromatic carbocycles. The summed E-state index contributed by atoms with van der Waals surface area (Å²) < 4.78 is 4.12. The molecule has 1 atom stereocenters. The van der Waals surface area contributed by atoms with Gasteiger partial charge in [-0.05, 0) is 6.42 Å². The molecule has 7 nitrogen and oxygen atoms in total. The Labute approximate surface area is 125 Å². The second-order valence-electron chi connectivity index (χ2n) is 4.28. The molecule has 0 aliphatic heterocycles. The topological polar surface area (TPSA) is 95.4 Å². The molecule has 1 rings (SSSR count). The molecule has 112 valence electrons. The molecular weight excluding hydrogens is 300 g/mol. The van der Waals surface area contributed by atoms with Crippen molar-refractivity contribution in [3.63, 3.8) is 0 Å². The van der Waals surface area contributed by atoms with E-state index in [-0.39, 0.29) is 12.6 Å². The number of nitrogens with one attached hydrogen (secondary N) is 1. The zero-order chi connectivity index (χ0) is 15.1. The smallest absolute Gasteiger partial charge is 0.323 e. The average Bonchev–Trinajstić information content (AvgIpc) is 2.83. The first-order valence-corrected chi connectivity index (χ1v) is 7.91. The lowest BCUT2D eigenvalue weighted by Crippen LogP contribution is -2.36. The van der Waals surface area contributed by atoms with Crippen LogP contribution in [-0.2, 0) is 4.79 Å². The number of aromatic nitrogens is 2. The van der Waals surface area contributed by atoms with E-state index in [4.69, 9.17) is 5.11 Å². The molecule has 0 aliphatic rings. The molecule has 2 N–H and O–H groups in total. The summed E-state index contributed by atoms with van der Waals surface area (Å²) in [5.41, 5.74) is 0. The Hall–Kier alpha value is -1.35. The average molecular weight is 318 g/mol. The Bertz CT molecular complexity index is 466. The molecule has 1 unspecified atom stereocenters. The van der Waals surface area contributed by atoms with Crippen molar-refractivity contribution in [2.75, 3.05) is 24.7 Å². The van der Waals surface area contributed by atoms with E-state index in [2.05, 4.69) is 21.6 Å². The number of carboxylic acids is 1. The SMILES string of the molecule is CCCSc1nsc(NC(=O)N(C)CC(C)C(=O)O)n1. The third-order valence-electron chi connectivity index (χ3n) is 2.37. The van der Waals surface area contributed by atoms with Crippen LogP contribution in [0.15, 0.2) is 5.16 Å². The molecule has 1 heterocycles. The normalized spacial score (nSPS) is 11.9. The molecule has 9 heteroatoms. The van der Waals surface area contributed by atoms with Gasteiger partial charge in [-0.25, -0.2) is 4.79 Å². The van der Waals surface area contributed by atoms with Crippen molar-refractivity contribution in [2.45, 2.75) is 25.4 Å². The summed E-state index contributed by atoms with van der Waals surface area (Å²) in [6.07, 6.45) is 1.03. The Morgan fingerprint density at radius 2 is 2.25 bits per heavy atom. The highest BCUT2D eigenvalue weighted by atomic mass is 32.2. The van der Waals surface area contributed by atoms with Crippen molar-refractivity contribution in [3.8, 4) is 0 Å². The van der Waals surface area contributed by atoms with E-state index in [0.717, 1.165) is 23.7 Å². The fourth-order valence-electron chi connectivity index (χ4n) is 1.27. The van der Waals surface area contributed by atoms with Crippen LogP contribution in [0.2, 0.25) is 0 Å². The third-order valence-corrected chi connectivity index (χ3v) is 4.17. The quantitative estimate of drug-likeness (QED) is 0.749. The van der Waals surface area contributed by atoms with Crippen LogP contribution < -0.4 is 5.32 Å². The van der Waals surface area contributed by atoms with Gasteiger partial charge >= 0.3 is 12.0 Å². The van der Waals surface area contributed by atoms with Crippen molar-refractivity contribution in [1.82, 2.24) is 14.3 Å². The predicted molar refractivity (Wildman–Crippen MR) is 79.4 cm³/mol. The van der Waals surface area contributed by atoms with Gasteiger partial charge in [0.25, 0.3) is 0 Å². The van der Waals surface area contributed by atoms with Crippen molar-refractivity contribution in [1.29, 1.82) is 0 Å². The molecule has 0 spiro atoms. The van der Waals surface area contributed by atoms with E-state index in [1.165, 1.54) is 16.7 Å². The Morgan fingerprint density at radius 1 is 1.55 bits per heavy atom. The van der Waals surface area contributed by atoms with Gasteiger partial charge in [0.2, 0.25) is 10.3 Å². The molecule has 0 fully saturated rings. The second-order valence-corrected chi connectivity index (χ2v) is 6.09. The molecule has 20 heavy (non-hydrogen) atoms. The zero-order valence-electron chi connectivity index (χ0n) is 11.6. The number of rotatable bonds is 7. The summed E-state index contributed by atoms with van der Waals surface area (Å²) in [6.45, 7) is 3.76. The molecule has 0 bridgehead atoms. The van der Waals surface area contributed by atoms with Gasteiger partial charge in [0.15, 0.2) is 0 Å². The zero-order valence-corrected chi connectivity index (χ0v) is 13.3. The van der Waals surface area contributed by atoms with E-state index in [9.17, 15) is 9.59 Å². The lowest BCUT2D eigenvalue weighted by atomic mass is 10.2. The number of thioether (sulfide) groups is 1. The van der Waals surface area contributed by atoms with Crippen LogP contribution in [0.3, 0.4) is 0 Å². The van der Waals surface area contributed by atoms with Crippen LogP contribution in [0.1, 0.15) is 20.3 Å². The molecular formula is C11H18N4O3S2. The van der Waals surface area contributed by atoms with Crippen molar-refractivity contribution in [2.24, 2.45) is 5.92 Å². The third kappa shape index (κ3) is 5.33. The molecule has 0 saturated heterocycles. The molecule has 0 saturated carbocycles. The first-order valence-electron chi connectivity index (χ1n) is 6.15. The van der Waals surface area contributed by atoms with Crippen molar-refractivity contribution < 1.29 is 14.7 Å². The van der Waals surface area contributed by atoms with E-state index < -0.39 is 11.9 Å². The minimum absolute atomic E-state index is 0.136. The van der Waals surface area contributed by atoms with Gasteiger partial charge in [0, 0.05) is 30.9 Å². The first-order chi connectivity index (χ1) is 9.43. The summed E-state index contributed by atoms with van der Waals surface area (Å²) in [7, 11) is 1.54. The van der Waals surface area contributed by atoms with Gasteiger partial charge in [-0.3, -0.25) is 10.1 Å². The molecule has 0 aliphatic carbocycles. The highest BCUT2D eigenvalue weighted by molar-refractivity contribution is 7.99. The van der Waals surface area contributed by atoms with E-state index in [1.807, 2.05) is 0 Å². The molecule has 0 radical (unpaired) electrons. The number of carbonyl (C=O) groups is 2. The number of carbonyl (C=O) groups excluding carboxylic acids is 1. The Balaban J connectivity index is 2.48. The summed E-state index contributed by atoms with van der Waals surface area (Å²) in [6, 6.07) is -0.388. The standard InChI is InChI=1S/C11H18N4O3S2/c1-4-5-19-10-12-9(20-14-10)13-11(18)15(3)6-7(2)8(16)17/h7H,4-6H2,1-3H3,(H,16,17)(H,12,13,14,18). The fourth-order valence-corrected chi connectivity index (χ4v) is 2.66. The number of urea groups is 1. The highest BCUT2D eigenvalue weighted by Gasteiger charge is 2.18. The largest absolute Gasteiger partial charge is 0.481 e. The molecule has 1 aromatic heterocycles. The van der Waals surface area contributed by atoms with Gasteiger partial charge in [0.05, 0.1) is 5.92 Å². The van der Waals surface area contributed by atoms with E-state index >= 15 is 0 Å². The number of hydrogen-bond donors (Lipinski definition) is 2. The van der Waals surface area contributed by atoms with Gasteiger partial charge in [0.1, 0.15) is 0 Å². The van der Waals surface area contributed by atoms with Crippen LogP contribution in [-0.4, -0.2) is 50.7 Å². The van der Waals surface area contributed by atoms with Crippen molar-refractivity contribution in [3.05, 3.63) is 0 Å². The molecule has 2 amide bonds. The second kappa shape index (κ2) is 8.05. The Kier molecular flexibility index (Phi) is 6.73. The van der Waals surface area contributed by atoms with Crippen LogP contribution in [0.5, 0.6) is 0 Å².